The van der Waals surface area contributed by atoms with Gasteiger partial charge in [0.15, 0.2) is 0 Å². The number of hydrogen-bond donors (Lipinski definition) is 1. The van der Waals surface area contributed by atoms with Gasteiger partial charge in [-0.05, 0) is 37.4 Å². The van der Waals surface area contributed by atoms with Crippen molar-refractivity contribution in [2.24, 2.45) is 0 Å². The van der Waals surface area contributed by atoms with Gasteiger partial charge in [-0.2, -0.15) is 0 Å². The zero-order valence-corrected chi connectivity index (χ0v) is 14.7. The molecule has 1 atom stereocenters. The molecule has 1 aromatic carbocycles. The molecule has 0 aliphatic carbocycles. The Labute approximate surface area is 136 Å². The molecule has 2 aromatic rings. The summed E-state index contributed by atoms with van der Waals surface area (Å²) < 4.78 is 24.2. The van der Waals surface area contributed by atoms with E-state index in [0.29, 0.717) is 5.69 Å². The van der Waals surface area contributed by atoms with Crippen molar-refractivity contribution in [2.75, 3.05) is 7.11 Å². The topological polar surface area (TPSA) is 95.5 Å². The van der Waals surface area contributed by atoms with Gasteiger partial charge in [-0.25, -0.2) is 19.2 Å². The van der Waals surface area contributed by atoms with Crippen LogP contribution in [0.25, 0.3) is 5.69 Å². The third-order valence-corrected chi connectivity index (χ3v) is 6.96. The van der Waals surface area contributed by atoms with Crippen molar-refractivity contribution in [1.29, 1.82) is 0 Å². The third kappa shape index (κ3) is 4.26. The molecule has 10 heteroatoms. The molecule has 0 aliphatic heterocycles. The highest BCUT2D eigenvalue weighted by atomic mass is 32.7. The van der Waals surface area contributed by atoms with Crippen LogP contribution in [0.2, 0.25) is 0 Å². The highest BCUT2D eigenvalue weighted by Gasteiger charge is 2.25. The summed E-state index contributed by atoms with van der Waals surface area (Å²) >= 11 is 0.854. The van der Waals surface area contributed by atoms with E-state index in [1.54, 1.807) is 30.3 Å². The fourth-order valence-electron chi connectivity index (χ4n) is 1.78. The van der Waals surface area contributed by atoms with Crippen LogP contribution in [0, 0.1) is 0 Å². The molecular weight excluding hydrogens is 341 g/mol. The molecule has 1 aromatic heterocycles. The molecule has 0 spiro atoms. The van der Waals surface area contributed by atoms with Crippen molar-refractivity contribution >= 4 is 18.1 Å². The van der Waals surface area contributed by atoms with E-state index < -0.39 is 18.2 Å². The Hall–Kier alpha value is -1.54. The van der Waals surface area contributed by atoms with E-state index in [1.165, 1.54) is 7.11 Å². The lowest BCUT2D eigenvalue weighted by atomic mass is 10.3. The zero-order chi connectivity index (χ0) is 17.0. The minimum atomic E-state index is -3.21. The average molecular weight is 359 g/mol. The number of benzene rings is 1. The highest BCUT2D eigenvalue weighted by Crippen LogP contribution is 2.55. The summed E-state index contributed by atoms with van der Waals surface area (Å²) in [5, 5.41) is 2.80. The predicted octanol–water partition coefficient (Wildman–Crippen LogP) is 2.04. The Balaban J connectivity index is 2.25. The van der Waals surface area contributed by atoms with Gasteiger partial charge in [0.25, 0.3) is 0 Å². The molecule has 23 heavy (non-hydrogen) atoms. The number of aromatic nitrogens is 2. The molecule has 8 nitrogen and oxygen atoms in total. The van der Waals surface area contributed by atoms with Crippen LogP contribution < -0.4 is 16.5 Å². The van der Waals surface area contributed by atoms with Crippen molar-refractivity contribution in [3.63, 3.8) is 0 Å². The number of nitrogens with one attached hydrogen (secondary N) is 1. The second-order valence-corrected chi connectivity index (χ2v) is 9.27. The quantitative estimate of drug-likeness (QED) is 0.756. The first-order valence-corrected chi connectivity index (χ1v) is 10.0. The van der Waals surface area contributed by atoms with Crippen LogP contribution >= 0.6 is 18.1 Å². The Morgan fingerprint density at radius 1 is 1.30 bits per heavy atom. The molecule has 0 saturated carbocycles. The molecule has 0 amide bonds. The van der Waals surface area contributed by atoms with Gasteiger partial charge in [0.1, 0.15) is 0 Å². The maximum Gasteiger partial charge on any atom is 0.443 e. The summed E-state index contributed by atoms with van der Waals surface area (Å²) in [5.41, 5.74) is -0.200. The van der Waals surface area contributed by atoms with Crippen molar-refractivity contribution in [3.8, 4) is 5.69 Å². The SMILES string of the molecule is COP(=O)(NC(C)C)SCn1c(=O)on(-c2ccccc2)c1=O. The summed E-state index contributed by atoms with van der Waals surface area (Å²) in [6.07, 6.45) is 0. The van der Waals surface area contributed by atoms with E-state index in [9.17, 15) is 14.2 Å². The summed E-state index contributed by atoms with van der Waals surface area (Å²) in [6, 6.07) is 8.44. The summed E-state index contributed by atoms with van der Waals surface area (Å²) in [6.45, 7) is 0.429. The largest absolute Gasteiger partial charge is 0.443 e. The van der Waals surface area contributed by atoms with E-state index in [1.807, 2.05) is 13.8 Å². The summed E-state index contributed by atoms with van der Waals surface area (Å²) in [4.78, 5) is 24.2. The number of para-hydroxylation sites is 1. The predicted molar refractivity (Wildman–Crippen MR) is 89.0 cm³/mol. The number of rotatable bonds is 7. The Morgan fingerprint density at radius 2 is 1.96 bits per heavy atom. The maximum atomic E-state index is 12.4. The first-order chi connectivity index (χ1) is 10.9. The first kappa shape index (κ1) is 17.8. The molecule has 0 radical (unpaired) electrons. The number of nitrogens with zero attached hydrogens (tertiary/aromatic N) is 2. The third-order valence-electron chi connectivity index (χ3n) is 2.80. The van der Waals surface area contributed by atoms with Crippen LogP contribution in [-0.4, -0.2) is 22.5 Å². The minimum absolute atomic E-state index is 0.0738. The van der Waals surface area contributed by atoms with Crippen LogP contribution in [0.4, 0.5) is 0 Å². The van der Waals surface area contributed by atoms with E-state index in [-0.39, 0.29) is 11.9 Å². The standard InChI is InChI=1S/C13H18N3O5PS/c1-10(2)14-22(19,20-3)23-9-15-12(17)16(21-13(15)18)11-7-5-4-6-8-11/h4-8,10H,9H2,1-3H3,(H,14,19). The Kier molecular flexibility index (Phi) is 5.69. The van der Waals surface area contributed by atoms with Gasteiger partial charge in [0.2, 0.25) is 0 Å². The lowest BCUT2D eigenvalue weighted by molar-refractivity contribution is 0.312. The van der Waals surface area contributed by atoms with Crippen LogP contribution in [-0.2, 0) is 15.0 Å². The molecule has 1 N–H and O–H groups in total. The normalized spacial score (nSPS) is 14.1. The fraction of sp³-hybridized carbons (Fsp3) is 0.385. The number of hydrogen-bond acceptors (Lipinski definition) is 6. The van der Waals surface area contributed by atoms with Crippen molar-refractivity contribution < 1.29 is 13.6 Å². The first-order valence-electron chi connectivity index (χ1n) is 6.83. The van der Waals surface area contributed by atoms with E-state index in [4.69, 9.17) is 9.05 Å². The van der Waals surface area contributed by atoms with Crippen LogP contribution in [0.3, 0.4) is 0 Å². The maximum absolute atomic E-state index is 12.4. The molecule has 0 bridgehead atoms. The molecule has 1 heterocycles. The van der Waals surface area contributed by atoms with Crippen molar-refractivity contribution in [3.05, 3.63) is 51.4 Å². The Bertz CT molecular complexity index is 811. The van der Waals surface area contributed by atoms with Crippen LogP contribution in [0.15, 0.2) is 44.4 Å². The molecule has 126 valence electrons. The second-order valence-electron chi connectivity index (χ2n) is 4.92. The van der Waals surface area contributed by atoms with Gasteiger partial charge >= 0.3 is 18.2 Å². The molecule has 0 fully saturated rings. The summed E-state index contributed by atoms with van der Waals surface area (Å²) in [5.74, 6) is -0.968. The molecule has 2 rings (SSSR count). The van der Waals surface area contributed by atoms with Gasteiger partial charge in [-0.3, -0.25) is 4.57 Å². The van der Waals surface area contributed by atoms with Crippen LogP contribution in [0.5, 0.6) is 0 Å². The van der Waals surface area contributed by atoms with Gasteiger partial charge in [-0.1, -0.05) is 18.2 Å². The van der Waals surface area contributed by atoms with Gasteiger partial charge < -0.3 is 9.05 Å². The molecule has 0 aliphatic rings. The Morgan fingerprint density at radius 3 is 2.52 bits per heavy atom. The van der Waals surface area contributed by atoms with E-state index in [2.05, 4.69) is 5.09 Å². The monoisotopic (exact) mass is 359 g/mol. The van der Waals surface area contributed by atoms with E-state index >= 15 is 0 Å². The van der Waals surface area contributed by atoms with Crippen LogP contribution in [0.1, 0.15) is 13.8 Å². The van der Waals surface area contributed by atoms with Crippen molar-refractivity contribution in [2.45, 2.75) is 25.8 Å². The van der Waals surface area contributed by atoms with Gasteiger partial charge in [-0.15, -0.1) is 4.74 Å². The molecule has 0 saturated heterocycles. The average Bonchev–Trinajstić information content (AvgIpc) is 2.80. The van der Waals surface area contributed by atoms with Gasteiger partial charge in [0, 0.05) is 13.2 Å². The summed E-state index contributed by atoms with van der Waals surface area (Å²) in [7, 11) is 1.31. The molecule has 1 unspecified atom stereocenters. The highest BCUT2D eigenvalue weighted by molar-refractivity contribution is 8.55. The second kappa shape index (κ2) is 7.35. The minimum Gasteiger partial charge on any atom is -0.313 e. The fourth-order valence-corrected chi connectivity index (χ4v) is 5.16. The van der Waals surface area contributed by atoms with Crippen molar-refractivity contribution in [1.82, 2.24) is 14.4 Å². The zero-order valence-electron chi connectivity index (χ0n) is 13.0. The lowest BCUT2D eigenvalue weighted by Crippen LogP contribution is -2.28. The molecular formula is C13H18N3O5PS. The van der Waals surface area contributed by atoms with Gasteiger partial charge in [0.05, 0.1) is 11.6 Å². The lowest BCUT2D eigenvalue weighted by Gasteiger charge is -2.18. The smallest absolute Gasteiger partial charge is 0.313 e. The van der Waals surface area contributed by atoms with E-state index in [0.717, 1.165) is 20.7 Å².